The minimum atomic E-state index is -0.216. The molecule has 1 N–H and O–H groups in total. The summed E-state index contributed by atoms with van der Waals surface area (Å²) in [6.45, 7) is 4.19. The van der Waals surface area contributed by atoms with Gasteiger partial charge >= 0.3 is 0 Å². The number of fused-ring (bicyclic) bond motifs is 1. The van der Waals surface area contributed by atoms with Gasteiger partial charge in [-0.25, -0.2) is 0 Å². The number of amides is 1. The molecule has 0 radical (unpaired) electrons. The Bertz CT molecular complexity index is 249. The second kappa shape index (κ2) is 3.14. The summed E-state index contributed by atoms with van der Waals surface area (Å²) in [5.41, 5.74) is 0.326. The van der Waals surface area contributed by atoms with Crippen molar-refractivity contribution in [3.05, 3.63) is 12.2 Å². The number of carbonyl (C=O) groups excluding carboxylic acids is 1. The van der Waals surface area contributed by atoms with Crippen LogP contribution in [-0.4, -0.2) is 35.1 Å². The highest BCUT2D eigenvalue weighted by Crippen LogP contribution is 2.43. The molecule has 72 valence electrons. The Hall–Kier alpha value is -0.830. The van der Waals surface area contributed by atoms with E-state index in [0.29, 0.717) is 11.6 Å². The van der Waals surface area contributed by atoms with Gasteiger partial charge < -0.3 is 10.0 Å². The Balaban J connectivity index is 1.99. The van der Waals surface area contributed by atoms with Crippen LogP contribution < -0.4 is 0 Å². The van der Waals surface area contributed by atoms with Crippen molar-refractivity contribution in [2.75, 3.05) is 13.2 Å². The van der Waals surface area contributed by atoms with E-state index in [1.54, 1.807) is 0 Å². The summed E-state index contributed by atoms with van der Waals surface area (Å²) in [5.74, 6) is 0.693. The topological polar surface area (TPSA) is 40.5 Å². The molecular formula is C10H15NO2. The summed E-state index contributed by atoms with van der Waals surface area (Å²) in [6, 6.07) is 0.463. The van der Waals surface area contributed by atoms with Gasteiger partial charge in [0.05, 0.1) is 6.61 Å². The van der Waals surface area contributed by atoms with Crippen molar-refractivity contribution >= 4 is 5.91 Å². The van der Waals surface area contributed by atoms with Crippen molar-refractivity contribution in [1.82, 2.24) is 4.90 Å². The molecule has 1 aliphatic heterocycles. The first kappa shape index (κ1) is 8.75. The minimum Gasteiger partial charge on any atom is -0.391 e. The lowest BCUT2D eigenvalue weighted by Gasteiger charge is -2.27. The lowest BCUT2D eigenvalue weighted by molar-refractivity contribution is -0.129. The SMILES string of the molecule is C=C(CO)C(=O)N1CCCC2CC21. The highest BCUT2D eigenvalue weighted by Gasteiger charge is 2.46. The van der Waals surface area contributed by atoms with Crippen LogP contribution in [0.3, 0.4) is 0 Å². The maximum absolute atomic E-state index is 11.6. The van der Waals surface area contributed by atoms with Crippen LogP contribution in [0, 0.1) is 5.92 Å². The quantitative estimate of drug-likeness (QED) is 0.632. The van der Waals surface area contributed by atoms with Crippen molar-refractivity contribution in [2.24, 2.45) is 5.92 Å². The predicted molar refractivity (Wildman–Crippen MR) is 49.1 cm³/mol. The zero-order chi connectivity index (χ0) is 9.42. The summed E-state index contributed by atoms with van der Waals surface area (Å²) in [4.78, 5) is 13.5. The number of aliphatic hydroxyl groups is 1. The molecule has 1 aliphatic carbocycles. The van der Waals surface area contributed by atoms with Crippen molar-refractivity contribution in [3.8, 4) is 0 Å². The molecule has 0 aromatic carbocycles. The Morgan fingerprint density at radius 3 is 3.08 bits per heavy atom. The number of likely N-dealkylation sites (tertiary alicyclic amines) is 1. The zero-order valence-electron chi connectivity index (χ0n) is 7.70. The Kier molecular flexibility index (Phi) is 2.12. The summed E-state index contributed by atoms with van der Waals surface area (Å²) < 4.78 is 0. The molecule has 1 heterocycles. The molecular weight excluding hydrogens is 166 g/mol. The number of hydrogen-bond donors (Lipinski definition) is 1. The van der Waals surface area contributed by atoms with Gasteiger partial charge in [-0.2, -0.15) is 0 Å². The van der Waals surface area contributed by atoms with Gasteiger partial charge in [0.1, 0.15) is 0 Å². The highest BCUT2D eigenvalue weighted by molar-refractivity contribution is 5.93. The second-order valence-corrected chi connectivity index (χ2v) is 3.97. The third-order valence-corrected chi connectivity index (χ3v) is 3.01. The smallest absolute Gasteiger partial charge is 0.251 e. The van der Waals surface area contributed by atoms with Crippen LogP contribution >= 0.6 is 0 Å². The fraction of sp³-hybridized carbons (Fsp3) is 0.700. The third-order valence-electron chi connectivity index (χ3n) is 3.01. The monoisotopic (exact) mass is 181 g/mol. The molecule has 13 heavy (non-hydrogen) atoms. The average Bonchev–Trinajstić information content (AvgIpc) is 2.93. The summed E-state index contributed by atoms with van der Waals surface area (Å²) >= 11 is 0. The van der Waals surface area contributed by atoms with E-state index in [0.717, 1.165) is 25.3 Å². The molecule has 0 bridgehead atoms. The number of aliphatic hydroxyl groups excluding tert-OH is 1. The molecule has 0 spiro atoms. The van der Waals surface area contributed by atoms with Crippen LogP contribution in [0.5, 0.6) is 0 Å². The number of rotatable bonds is 2. The van der Waals surface area contributed by atoms with Gasteiger partial charge in [0.25, 0.3) is 5.91 Å². The number of carbonyl (C=O) groups is 1. The van der Waals surface area contributed by atoms with Gasteiger partial charge in [0.2, 0.25) is 0 Å². The summed E-state index contributed by atoms with van der Waals surface area (Å²) in [7, 11) is 0. The van der Waals surface area contributed by atoms with Gasteiger partial charge in [0, 0.05) is 18.2 Å². The van der Waals surface area contributed by atoms with E-state index < -0.39 is 0 Å². The van der Waals surface area contributed by atoms with Crippen molar-refractivity contribution in [2.45, 2.75) is 25.3 Å². The fourth-order valence-electron chi connectivity index (χ4n) is 2.14. The zero-order valence-corrected chi connectivity index (χ0v) is 7.70. The standard InChI is InChI=1S/C10H15NO2/c1-7(6-12)10(13)11-4-2-3-8-5-9(8)11/h8-9,12H,1-6H2. The van der Waals surface area contributed by atoms with Crippen molar-refractivity contribution in [1.29, 1.82) is 0 Å². The van der Waals surface area contributed by atoms with Gasteiger partial charge in [-0.05, 0) is 25.2 Å². The van der Waals surface area contributed by atoms with E-state index in [1.807, 2.05) is 4.90 Å². The van der Waals surface area contributed by atoms with E-state index in [2.05, 4.69) is 6.58 Å². The van der Waals surface area contributed by atoms with E-state index in [9.17, 15) is 4.79 Å². The molecule has 2 aliphatic rings. The van der Waals surface area contributed by atoms with E-state index in [-0.39, 0.29) is 12.5 Å². The average molecular weight is 181 g/mol. The van der Waals surface area contributed by atoms with E-state index >= 15 is 0 Å². The first-order valence-corrected chi connectivity index (χ1v) is 4.83. The second-order valence-electron chi connectivity index (χ2n) is 3.97. The number of hydrogen-bond acceptors (Lipinski definition) is 2. The maximum atomic E-state index is 11.6. The fourth-order valence-corrected chi connectivity index (χ4v) is 2.14. The third kappa shape index (κ3) is 1.48. The Labute approximate surface area is 78.0 Å². The molecule has 2 rings (SSSR count). The summed E-state index contributed by atoms with van der Waals surface area (Å²) in [5, 5.41) is 8.79. The first-order chi connectivity index (χ1) is 6.24. The molecule has 0 aromatic rings. The van der Waals surface area contributed by atoms with Gasteiger partial charge in [-0.3, -0.25) is 4.79 Å². The van der Waals surface area contributed by atoms with Gasteiger partial charge in [-0.1, -0.05) is 6.58 Å². The molecule has 3 nitrogen and oxygen atoms in total. The van der Waals surface area contributed by atoms with E-state index in [4.69, 9.17) is 5.11 Å². The van der Waals surface area contributed by atoms with Crippen LogP contribution in [0.25, 0.3) is 0 Å². The van der Waals surface area contributed by atoms with Crippen LogP contribution in [0.1, 0.15) is 19.3 Å². The molecule has 1 saturated heterocycles. The molecule has 1 saturated carbocycles. The molecule has 0 aromatic heterocycles. The molecule has 3 heteroatoms. The van der Waals surface area contributed by atoms with Crippen molar-refractivity contribution in [3.63, 3.8) is 0 Å². The molecule has 1 amide bonds. The molecule has 2 fully saturated rings. The van der Waals surface area contributed by atoms with E-state index in [1.165, 1.54) is 6.42 Å². The van der Waals surface area contributed by atoms with Crippen LogP contribution in [-0.2, 0) is 4.79 Å². The lowest BCUT2D eigenvalue weighted by atomic mass is 10.1. The Morgan fingerprint density at radius 2 is 2.38 bits per heavy atom. The lowest BCUT2D eigenvalue weighted by Crippen LogP contribution is -2.38. The minimum absolute atomic E-state index is 0.0466. The Morgan fingerprint density at radius 1 is 1.62 bits per heavy atom. The number of piperidine rings is 1. The highest BCUT2D eigenvalue weighted by atomic mass is 16.3. The molecule has 2 atom stereocenters. The van der Waals surface area contributed by atoms with Gasteiger partial charge in [0.15, 0.2) is 0 Å². The largest absolute Gasteiger partial charge is 0.391 e. The first-order valence-electron chi connectivity index (χ1n) is 4.83. The molecule has 2 unspecified atom stereocenters. The van der Waals surface area contributed by atoms with Crippen LogP contribution in [0.15, 0.2) is 12.2 Å². The van der Waals surface area contributed by atoms with Gasteiger partial charge in [-0.15, -0.1) is 0 Å². The normalized spacial score (nSPS) is 31.0. The maximum Gasteiger partial charge on any atom is 0.251 e. The van der Waals surface area contributed by atoms with Crippen LogP contribution in [0.2, 0.25) is 0 Å². The summed E-state index contributed by atoms with van der Waals surface area (Å²) in [6.07, 6.45) is 3.52. The number of nitrogens with zero attached hydrogens (tertiary/aromatic N) is 1. The van der Waals surface area contributed by atoms with Crippen molar-refractivity contribution < 1.29 is 9.90 Å². The predicted octanol–water partition coefficient (Wildman–Crippen LogP) is 0.546. The van der Waals surface area contributed by atoms with Crippen LogP contribution in [0.4, 0.5) is 0 Å².